The van der Waals surface area contributed by atoms with Gasteiger partial charge in [-0.15, -0.1) is 0 Å². The van der Waals surface area contributed by atoms with Gasteiger partial charge < -0.3 is 4.48 Å². The number of pyridine rings is 1. The van der Waals surface area contributed by atoms with Gasteiger partial charge in [0.15, 0.2) is 12.4 Å². The Morgan fingerprint density at radius 3 is 2.79 bits per heavy atom. The summed E-state index contributed by atoms with van der Waals surface area (Å²) in [5.74, 6) is 0. The van der Waals surface area contributed by atoms with Crippen LogP contribution in [-0.4, -0.2) is 25.1 Å². The molecule has 0 spiro atoms. The van der Waals surface area contributed by atoms with E-state index in [1.54, 1.807) is 0 Å². The standard InChI is InChI=1S/C12H20N2/c1-13-8-4-6-11(10-13)12-7-5-9-14(12,2)3/h4,6,8,10,12H,5,7,9H2,1-3H3/q+2. The molecule has 0 N–H and O–H groups in total. The summed E-state index contributed by atoms with van der Waals surface area (Å²) in [7, 11) is 6.77. The first kappa shape index (κ1) is 9.66. The molecule has 0 bridgehead atoms. The molecule has 0 radical (unpaired) electrons. The van der Waals surface area contributed by atoms with Crippen molar-refractivity contribution in [2.75, 3.05) is 20.6 Å². The van der Waals surface area contributed by atoms with Crippen molar-refractivity contribution in [3.05, 3.63) is 30.1 Å². The average molecular weight is 192 g/mol. The molecule has 0 amide bonds. The van der Waals surface area contributed by atoms with Crippen LogP contribution in [0, 0.1) is 0 Å². The molecule has 14 heavy (non-hydrogen) atoms. The summed E-state index contributed by atoms with van der Waals surface area (Å²) in [6.45, 7) is 1.31. The molecule has 2 heteroatoms. The van der Waals surface area contributed by atoms with Crippen molar-refractivity contribution in [3.63, 3.8) is 0 Å². The Kier molecular flexibility index (Phi) is 2.31. The molecule has 1 aliphatic heterocycles. The largest absolute Gasteiger partial charge is 0.322 e. The highest BCUT2D eigenvalue weighted by atomic mass is 15.3. The fourth-order valence-electron chi connectivity index (χ4n) is 2.58. The monoisotopic (exact) mass is 192 g/mol. The van der Waals surface area contributed by atoms with Crippen molar-refractivity contribution in [3.8, 4) is 0 Å². The molecule has 1 saturated heterocycles. The summed E-state index contributed by atoms with van der Waals surface area (Å²) < 4.78 is 3.29. The average Bonchev–Trinajstić information content (AvgIpc) is 2.45. The highest BCUT2D eigenvalue weighted by Gasteiger charge is 2.36. The van der Waals surface area contributed by atoms with E-state index in [-0.39, 0.29) is 0 Å². The van der Waals surface area contributed by atoms with Crippen molar-refractivity contribution >= 4 is 0 Å². The van der Waals surface area contributed by atoms with Gasteiger partial charge in [-0.05, 0) is 6.07 Å². The molecule has 76 valence electrons. The molecule has 1 unspecified atom stereocenters. The van der Waals surface area contributed by atoms with Gasteiger partial charge in [0.05, 0.1) is 26.2 Å². The number of likely N-dealkylation sites (tertiary alicyclic amines) is 1. The van der Waals surface area contributed by atoms with Gasteiger partial charge in [-0.3, -0.25) is 0 Å². The van der Waals surface area contributed by atoms with E-state index in [0.717, 1.165) is 4.48 Å². The molecule has 1 aromatic heterocycles. The molecule has 1 fully saturated rings. The number of hydrogen-bond donors (Lipinski definition) is 0. The lowest BCUT2D eigenvalue weighted by molar-refractivity contribution is -0.908. The molecule has 1 aliphatic rings. The molecule has 0 aromatic carbocycles. The lowest BCUT2D eigenvalue weighted by Crippen LogP contribution is -2.39. The normalized spacial score (nSPS) is 25.2. The van der Waals surface area contributed by atoms with Crippen LogP contribution in [0.2, 0.25) is 0 Å². The van der Waals surface area contributed by atoms with Crippen molar-refractivity contribution in [1.82, 2.24) is 0 Å². The van der Waals surface area contributed by atoms with Gasteiger partial charge in [-0.2, -0.15) is 0 Å². The summed E-state index contributed by atoms with van der Waals surface area (Å²) in [4.78, 5) is 0. The molecule has 2 heterocycles. The van der Waals surface area contributed by atoms with E-state index in [4.69, 9.17) is 0 Å². The van der Waals surface area contributed by atoms with E-state index in [0.29, 0.717) is 6.04 Å². The van der Waals surface area contributed by atoms with E-state index in [1.807, 2.05) is 0 Å². The zero-order valence-electron chi connectivity index (χ0n) is 9.40. The lowest BCUT2D eigenvalue weighted by Gasteiger charge is -2.31. The second-order valence-corrected chi connectivity index (χ2v) is 4.96. The van der Waals surface area contributed by atoms with Crippen molar-refractivity contribution < 1.29 is 9.05 Å². The molecule has 2 nitrogen and oxygen atoms in total. The zero-order chi connectivity index (χ0) is 10.2. The van der Waals surface area contributed by atoms with Gasteiger partial charge in [0, 0.05) is 18.9 Å². The summed E-state index contributed by atoms with van der Waals surface area (Å²) in [5, 5.41) is 0. The fourth-order valence-corrected chi connectivity index (χ4v) is 2.58. The molecule has 1 aromatic rings. The van der Waals surface area contributed by atoms with Crippen molar-refractivity contribution in [2.45, 2.75) is 18.9 Å². The van der Waals surface area contributed by atoms with Gasteiger partial charge in [0.2, 0.25) is 0 Å². The molecule has 0 saturated carbocycles. The highest BCUT2D eigenvalue weighted by molar-refractivity contribution is 5.10. The lowest BCUT2D eigenvalue weighted by atomic mass is 10.1. The molecular formula is C12H20N2+2. The van der Waals surface area contributed by atoms with Crippen LogP contribution in [0.3, 0.4) is 0 Å². The fraction of sp³-hybridized carbons (Fsp3) is 0.583. The quantitative estimate of drug-likeness (QED) is 0.468. The minimum atomic E-state index is 0.697. The maximum Gasteiger partial charge on any atom is 0.177 e. The summed E-state index contributed by atoms with van der Waals surface area (Å²) >= 11 is 0. The first-order valence-electron chi connectivity index (χ1n) is 5.37. The Hall–Kier alpha value is -0.890. The van der Waals surface area contributed by atoms with Crippen LogP contribution in [0.25, 0.3) is 0 Å². The van der Waals surface area contributed by atoms with Gasteiger partial charge >= 0.3 is 0 Å². The molecule has 2 rings (SSSR count). The highest BCUT2D eigenvalue weighted by Crippen LogP contribution is 2.34. The van der Waals surface area contributed by atoms with E-state index < -0.39 is 0 Å². The smallest absolute Gasteiger partial charge is 0.177 e. The molecular weight excluding hydrogens is 172 g/mol. The van der Waals surface area contributed by atoms with Gasteiger partial charge in [-0.25, -0.2) is 4.57 Å². The Morgan fingerprint density at radius 2 is 2.21 bits per heavy atom. The van der Waals surface area contributed by atoms with Gasteiger partial charge in [0.25, 0.3) is 0 Å². The Labute approximate surface area is 86.4 Å². The first-order valence-corrected chi connectivity index (χ1v) is 5.37. The van der Waals surface area contributed by atoms with E-state index in [1.165, 1.54) is 24.9 Å². The van der Waals surface area contributed by atoms with Gasteiger partial charge in [-0.1, -0.05) is 0 Å². The van der Waals surface area contributed by atoms with Gasteiger partial charge in [0.1, 0.15) is 13.1 Å². The zero-order valence-corrected chi connectivity index (χ0v) is 9.40. The van der Waals surface area contributed by atoms with Crippen LogP contribution in [-0.2, 0) is 7.05 Å². The van der Waals surface area contributed by atoms with Crippen LogP contribution >= 0.6 is 0 Å². The first-order chi connectivity index (χ1) is 6.59. The number of quaternary nitrogens is 1. The van der Waals surface area contributed by atoms with Crippen LogP contribution in [0.4, 0.5) is 0 Å². The predicted octanol–water partition coefficient (Wildman–Crippen LogP) is 1.42. The van der Waals surface area contributed by atoms with Crippen LogP contribution in [0.15, 0.2) is 24.5 Å². The second-order valence-electron chi connectivity index (χ2n) is 4.96. The summed E-state index contributed by atoms with van der Waals surface area (Å²) in [5.41, 5.74) is 1.48. The Bertz CT molecular complexity index is 331. The maximum atomic E-state index is 2.34. The Morgan fingerprint density at radius 1 is 1.43 bits per heavy atom. The number of rotatable bonds is 1. The van der Waals surface area contributed by atoms with E-state index in [9.17, 15) is 0 Å². The number of hydrogen-bond acceptors (Lipinski definition) is 0. The van der Waals surface area contributed by atoms with Crippen LogP contribution < -0.4 is 4.57 Å². The summed E-state index contributed by atoms with van der Waals surface area (Å²) in [6, 6.07) is 5.10. The van der Waals surface area contributed by atoms with Crippen LogP contribution in [0.1, 0.15) is 24.4 Å². The maximum absolute atomic E-state index is 2.34. The number of nitrogens with zero attached hydrogens (tertiary/aromatic N) is 2. The third kappa shape index (κ3) is 1.67. The number of aromatic nitrogens is 1. The molecule has 1 atom stereocenters. The van der Waals surface area contributed by atoms with E-state index >= 15 is 0 Å². The second kappa shape index (κ2) is 3.35. The van der Waals surface area contributed by atoms with Crippen molar-refractivity contribution in [2.24, 2.45) is 7.05 Å². The molecule has 0 aliphatic carbocycles. The summed E-state index contributed by atoms with van der Waals surface area (Å²) in [6.07, 6.45) is 7.04. The minimum Gasteiger partial charge on any atom is -0.322 e. The predicted molar refractivity (Wildman–Crippen MR) is 56.6 cm³/mol. The topological polar surface area (TPSA) is 3.88 Å². The minimum absolute atomic E-state index is 0.697. The number of aryl methyl sites for hydroxylation is 1. The third-order valence-corrected chi connectivity index (χ3v) is 3.40. The van der Waals surface area contributed by atoms with E-state index in [2.05, 4.69) is 50.2 Å². The van der Waals surface area contributed by atoms with Crippen LogP contribution in [0.5, 0.6) is 0 Å². The Balaban J connectivity index is 2.31. The third-order valence-electron chi connectivity index (χ3n) is 3.40. The van der Waals surface area contributed by atoms with Crippen molar-refractivity contribution in [1.29, 1.82) is 0 Å². The SMILES string of the molecule is C[n+]1cccc(C2CCC[N+]2(C)C)c1.